The maximum atomic E-state index is 12.5. The Labute approximate surface area is 104 Å². The van der Waals surface area contributed by atoms with E-state index in [-0.39, 0.29) is 5.41 Å². The summed E-state index contributed by atoms with van der Waals surface area (Å²) >= 11 is 5.80. The molecule has 0 radical (unpaired) electrons. The lowest BCUT2D eigenvalue weighted by Gasteiger charge is -2.23. The van der Waals surface area contributed by atoms with Gasteiger partial charge in [-0.3, -0.25) is 0 Å². The molecule has 0 saturated carbocycles. The zero-order chi connectivity index (χ0) is 13.1. The van der Waals surface area contributed by atoms with Crippen LogP contribution in [0.2, 0.25) is 0 Å². The molecule has 0 aliphatic rings. The van der Waals surface area contributed by atoms with E-state index in [0.717, 1.165) is 12.1 Å². The fourth-order valence-corrected chi connectivity index (χ4v) is 1.70. The van der Waals surface area contributed by atoms with Gasteiger partial charge in [0.25, 0.3) is 0 Å². The van der Waals surface area contributed by atoms with Crippen LogP contribution in [0, 0.1) is 5.41 Å². The molecule has 1 rings (SSSR count). The summed E-state index contributed by atoms with van der Waals surface area (Å²) in [5, 5.41) is 0. The summed E-state index contributed by atoms with van der Waals surface area (Å²) < 4.78 is 37.6. The molecule has 0 heterocycles. The van der Waals surface area contributed by atoms with Crippen LogP contribution in [0.1, 0.15) is 18.1 Å². The first kappa shape index (κ1) is 14.1. The molecular weight excluding hydrogens is 249 g/mol. The van der Waals surface area contributed by atoms with E-state index in [0.29, 0.717) is 17.9 Å². The number of hydrogen-bond donors (Lipinski definition) is 0. The van der Waals surface area contributed by atoms with Crippen molar-refractivity contribution in [2.24, 2.45) is 5.41 Å². The predicted octanol–water partition coefficient (Wildman–Crippen LogP) is 4.68. The molecule has 0 nitrogen and oxygen atoms in total. The van der Waals surface area contributed by atoms with Crippen LogP contribution >= 0.6 is 11.6 Å². The van der Waals surface area contributed by atoms with Crippen molar-refractivity contribution in [1.82, 2.24) is 0 Å². The van der Waals surface area contributed by atoms with Gasteiger partial charge in [0.05, 0.1) is 5.56 Å². The monoisotopic (exact) mass is 262 g/mol. The molecule has 0 N–H and O–H groups in total. The molecule has 0 aliphatic carbocycles. The molecule has 0 amide bonds. The fraction of sp³-hybridized carbons (Fsp3) is 0.385. The molecule has 4 heteroatoms. The van der Waals surface area contributed by atoms with Gasteiger partial charge in [0.1, 0.15) is 0 Å². The van der Waals surface area contributed by atoms with Gasteiger partial charge in [-0.1, -0.05) is 31.2 Å². The quantitative estimate of drug-likeness (QED) is 0.546. The lowest BCUT2D eigenvalue weighted by molar-refractivity contribution is -0.137. The lowest BCUT2D eigenvalue weighted by atomic mass is 9.85. The van der Waals surface area contributed by atoms with Gasteiger partial charge in [0.15, 0.2) is 0 Å². The van der Waals surface area contributed by atoms with Crippen LogP contribution in [-0.2, 0) is 12.6 Å². The standard InChI is InChI=1S/C13H14ClF3/c1-3-12(2,9-14)8-10-5-4-6-11(7-10)13(15,16)17/h3-7H,1,8-9H2,2H3. The highest BCUT2D eigenvalue weighted by Gasteiger charge is 2.31. The van der Waals surface area contributed by atoms with Gasteiger partial charge in [-0.15, -0.1) is 18.2 Å². The molecule has 0 aromatic heterocycles. The molecule has 0 aliphatic heterocycles. The Morgan fingerprint density at radius 2 is 2.00 bits per heavy atom. The molecule has 1 unspecified atom stereocenters. The van der Waals surface area contributed by atoms with E-state index < -0.39 is 11.7 Å². The van der Waals surface area contributed by atoms with Crippen LogP contribution in [0.3, 0.4) is 0 Å². The van der Waals surface area contributed by atoms with E-state index in [1.165, 1.54) is 6.07 Å². The van der Waals surface area contributed by atoms with Crippen LogP contribution in [-0.4, -0.2) is 5.88 Å². The van der Waals surface area contributed by atoms with E-state index in [1.807, 2.05) is 6.92 Å². The molecule has 0 fully saturated rings. The van der Waals surface area contributed by atoms with Gasteiger partial charge in [-0.25, -0.2) is 0 Å². The van der Waals surface area contributed by atoms with E-state index >= 15 is 0 Å². The highest BCUT2D eigenvalue weighted by Crippen LogP contribution is 2.31. The molecule has 1 aromatic rings. The lowest BCUT2D eigenvalue weighted by Crippen LogP contribution is -2.18. The molecular formula is C13H14ClF3. The van der Waals surface area contributed by atoms with Crippen molar-refractivity contribution in [1.29, 1.82) is 0 Å². The first-order valence-electron chi connectivity index (χ1n) is 5.16. The third kappa shape index (κ3) is 3.77. The van der Waals surface area contributed by atoms with Crippen LogP contribution in [0.4, 0.5) is 13.2 Å². The zero-order valence-corrected chi connectivity index (χ0v) is 10.3. The Bertz CT molecular complexity index is 398. The normalized spacial score (nSPS) is 15.4. The van der Waals surface area contributed by atoms with Gasteiger partial charge in [0, 0.05) is 11.3 Å². The van der Waals surface area contributed by atoms with Crippen LogP contribution in [0.5, 0.6) is 0 Å². The molecule has 94 valence electrons. The van der Waals surface area contributed by atoms with E-state index in [9.17, 15) is 13.2 Å². The highest BCUT2D eigenvalue weighted by atomic mass is 35.5. The second kappa shape index (κ2) is 5.13. The van der Waals surface area contributed by atoms with Crippen molar-refractivity contribution >= 4 is 11.6 Å². The number of benzene rings is 1. The Morgan fingerprint density at radius 3 is 2.47 bits per heavy atom. The smallest absolute Gasteiger partial charge is 0.166 e. The first-order chi connectivity index (χ1) is 7.80. The molecule has 0 bridgehead atoms. The number of alkyl halides is 4. The average Bonchev–Trinajstić information content (AvgIpc) is 2.28. The molecule has 1 aromatic carbocycles. The highest BCUT2D eigenvalue weighted by molar-refractivity contribution is 6.18. The average molecular weight is 263 g/mol. The summed E-state index contributed by atoms with van der Waals surface area (Å²) in [6.45, 7) is 5.53. The van der Waals surface area contributed by atoms with Gasteiger partial charge in [-0.05, 0) is 18.1 Å². The Balaban J connectivity index is 2.97. The number of allylic oxidation sites excluding steroid dienone is 1. The Hall–Kier alpha value is -0.960. The zero-order valence-electron chi connectivity index (χ0n) is 9.52. The summed E-state index contributed by atoms with van der Waals surface area (Å²) in [6.07, 6.45) is -2.17. The predicted molar refractivity (Wildman–Crippen MR) is 64.2 cm³/mol. The fourth-order valence-electron chi connectivity index (χ4n) is 1.50. The van der Waals surface area contributed by atoms with Crippen molar-refractivity contribution in [3.63, 3.8) is 0 Å². The minimum Gasteiger partial charge on any atom is -0.166 e. The maximum Gasteiger partial charge on any atom is 0.416 e. The van der Waals surface area contributed by atoms with E-state index in [4.69, 9.17) is 11.6 Å². The van der Waals surface area contributed by atoms with Crippen molar-refractivity contribution in [3.8, 4) is 0 Å². The van der Waals surface area contributed by atoms with Gasteiger partial charge in [-0.2, -0.15) is 13.2 Å². The number of hydrogen-bond acceptors (Lipinski definition) is 0. The summed E-state index contributed by atoms with van der Waals surface area (Å²) in [4.78, 5) is 0. The Morgan fingerprint density at radius 1 is 1.35 bits per heavy atom. The summed E-state index contributed by atoms with van der Waals surface area (Å²) in [5.74, 6) is 0.326. The van der Waals surface area contributed by atoms with Gasteiger partial charge < -0.3 is 0 Å². The molecule has 17 heavy (non-hydrogen) atoms. The van der Waals surface area contributed by atoms with Crippen LogP contribution in [0.25, 0.3) is 0 Å². The van der Waals surface area contributed by atoms with E-state index in [1.54, 1.807) is 12.1 Å². The molecule has 0 saturated heterocycles. The number of rotatable bonds is 4. The SMILES string of the molecule is C=CC(C)(CCl)Cc1cccc(C(F)(F)F)c1. The van der Waals surface area contributed by atoms with Crippen LogP contribution in [0.15, 0.2) is 36.9 Å². The van der Waals surface area contributed by atoms with Crippen molar-refractivity contribution in [2.45, 2.75) is 19.5 Å². The largest absolute Gasteiger partial charge is 0.416 e. The third-order valence-electron chi connectivity index (χ3n) is 2.66. The van der Waals surface area contributed by atoms with E-state index in [2.05, 4.69) is 6.58 Å². The second-order valence-electron chi connectivity index (χ2n) is 4.37. The van der Waals surface area contributed by atoms with Gasteiger partial charge >= 0.3 is 6.18 Å². The topological polar surface area (TPSA) is 0 Å². The Kier molecular flexibility index (Phi) is 4.26. The molecule has 1 atom stereocenters. The maximum absolute atomic E-state index is 12.5. The molecule has 0 spiro atoms. The van der Waals surface area contributed by atoms with Gasteiger partial charge in [0.2, 0.25) is 0 Å². The summed E-state index contributed by atoms with van der Waals surface area (Å²) in [6, 6.07) is 5.31. The van der Waals surface area contributed by atoms with Crippen LogP contribution < -0.4 is 0 Å². The second-order valence-corrected chi connectivity index (χ2v) is 4.63. The minimum atomic E-state index is -4.30. The first-order valence-corrected chi connectivity index (χ1v) is 5.70. The number of halogens is 4. The van der Waals surface area contributed by atoms with Crippen molar-refractivity contribution < 1.29 is 13.2 Å². The van der Waals surface area contributed by atoms with Crippen molar-refractivity contribution in [3.05, 3.63) is 48.0 Å². The summed E-state index contributed by atoms with van der Waals surface area (Å²) in [5.41, 5.74) is -0.398. The van der Waals surface area contributed by atoms with Crippen molar-refractivity contribution in [2.75, 3.05) is 5.88 Å². The minimum absolute atomic E-state index is 0.326. The summed E-state index contributed by atoms with van der Waals surface area (Å²) in [7, 11) is 0. The third-order valence-corrected chi connectivity index (χ3v) is 3.27.